The Hall–Kier alpha value is -0.420. The highest BCUT2D eigenvalue weighted by atomic mass is 16.8. The normalized spacial score (nSPS) is 34.4. The predicted molar refractivity (Wildman–Crippen MR) is 44.4 cm³/mol. The molecule has 0 aromatic carbocycles. The molecule has 1 aliphatic heterocycles. The number of rotatable bonds is 4. The van der Waals surface area contributed by atoms with Crippen LogP contribution >= 0.6 is 0 Å². The number of ether oxygens (including phenoxy) is 3. The van der Waals surface area contributed by atoms with Crippen molar-refractivity contribution in [1.82, 2.24) is 0 Å². The number of hydrogen-bond acceptors (Lipinski definition) is 4. The summed E-state index contributed by atoms with van der Waals surface area (Å²) in [7, 11) is 3.18. The second kappa shape index (κ2) is 4.00. The van der Waals surface area contributed by atoms with E-state index in [-0.39, 0.29) is 6.29 Å². The largest absolute Gasteiger partial charge is 0.352 e. The Morgan fingerprint density at radius 1 is 1.58 bits per heavy atom. The van der Waals surface area contributed by atoms with E-state index in [0.29, 0.717) is 13.0 Å². The molecule has 70 valence electrons. The third-order valence-corrected chi connectivity index (χ3v) is 1.89. The molecule has 2 N–H and O–H groups in total. The van der Waals surface area contributed by atoms with E-state index in [1.807, 2.05) is 12.2 Å². The highest BCUT2D eigenvalue weighted by Crippen LogP contribution is 2.27. The van der Waals surface area contributed by atoms with Crippen LogP contribution in [0.3, 0.4) is 0 Å². The summed E-state index contributed by atoms with van der Waals surface area (Å²) in [5.41, 5.74) is 5.42. The van der Waals surface area contributed by atoms with Gasteiger partial charge < -0.3 is 19.9 Å². The minimum absolute atomic E-state index is 0.309. The highest BCUT2D eigenvalue weighted by Gasteiger charge is 2.34. The SMILES string of the molecule is COC1C=CC(CCN)(OC)O1. The summed E-state index contributed by atoms with van der Waals surface area (Å²) in [6, 6.07) is 0. The minimum Gasteiger partial charge on any atom is -0.352 e. The summed E-state index contributed by atoms with van der Waals surface area (Å²) in [4.78, 5) is 0. The average molecular weight is 173 g/mol. The Balaban J connectivity index is 2.55. The van der Waals surface area contributed by atoms with E-state index in [2.05, 4.69) is 0 Å². The molecule has 0 aliphatic carbocycles. The van der Waals surface area contributed by atoms with Crippen molar-refractivity contribution in [3.63, 3.8) is 0 Å². The lowest BCUT2D eigenvalue weighted by Crippen LogP contribution is -2.34. The van der Waals surface area contributed by atoms with Crippen LogP contribution in [0.1, 0.15) is 6.42 Å². The number of nitrogens with two attached hydrogens (primary N) is 1. The van der Waals surface area contributed by atoms with Crippen LogP contribution in [0.25, 0.3) is 0 Å². The molecule has 0 aromatic rings. The van der Waals surface area contributed by atoms with Gasteiger partial charge in [0, 0.05) is 20.6 Å². The van der Waals surface area contributed by atoms with Crippen molar-refractivity contribution in [2.45, 2.75) is 18.5 Å². The van der Waals surface area contributed by atoms with Crippen LogP contribution in [0.2, 0.25) is 0 Å². The molecule has 0 saturated carbocycles. The molecule has 0 amide bonds. The van der Waals surface area contributed by atoms with E-state index in [4.69, 9.17) is 19.9 Å². The standard InChI is InChI=1S/C8H15NO3/c1-10-7-3-4-8(11-2,12-7)5-6-9/h3-4,7H,5-6,9H2,1-2H3. The molecule has 4 nitrogen and oxygen atoms in total. The molecule has 2 unspecified atom stereocenters. The molecule has 0 bridgehead atoms. The molecule has 0 radical (unpaired) electrons. The first kappa shape index (κ1) is 9.67. The molecule has 0 spiro atoms. The van der Waals surface area contributed by atoms with Crippen LogP contribution in [-0.4, -0.2) is 32.8 Å². The monoisotopic (exact) mass is 173 g/mol. The van der Waals surface area contributed by atoms with Crippen LogP contribution in [0, 0.1) is 0 Å². The lowest BCUT2D eigenvalue weighted by atomic mass is 10.2. The fraction of sp³-hybridized carbons (Fsp3) is 0.750. The topological polar surface area (TPSA) is 53.7 Å². The molecule has 0 fully saturated rings. The van der Waals surface area contributed by atoms with Gasteiger partial charge in [-0.1, -0.05) is 0 Å². The lowest BCUT2D eigenvalue weighted by Gasteiger charge is -2.26. The Bertz CT molecular complexity index is 172. The molecule has 0 aromatic heterocycles. The summed E-state index contributed by atoms with van der Waals surface area (Å²) < 4.78 is 15.6. The van der Waals surface area contributed by atoms with E-state index in [0.717, 1.165) is 0 Å². The molecule has 2 atom stereocenters. The molecule has 4 heteroatoms. The molecular formula is C8H15NO3. The van der Waals surface area contributed by atoms with E-state index < -0.39 is 5.79 Å². The van der Waals surface area contributed by atoms with Crippen molar-refractivity contribution in [3.8, 4) is 0 Å². The van der Waals surface area contributed by atoms with Crippen LogP contribution in [0.4, 0.5) is 0 Å². The van der Waals surface area contributed by atoms with Gasteiger partial charge in [-0.15, -0.1) is 0 Å². The zero-order valence-corrected chi connectivity index (χ0v) is 7.45. The van der Waals surface area contributed by atoms with Crippen LogP contribution in [0.5, 0.6) is 0 Å². The maximum Gasteiger partial charge on any atom is 0.192 e. The second-order valence-corrected chi connectivity index (χ2v) is 2.64. The summed E-state index contributed by atoms with van der Waals surface area (Å²) in [6.07, 6.45) is 3.99. The van der Waals surface area contributed by atoms with Gasteiger partial charge in [0.1, 0.15) is 0 Å². The van der Waals surface area contributed by atoms with Crippen molar-refractivity contribution in [1.29, 1.82) is 0 Å². The maximum atomic E-state index is 5.45. The van der Waals surface area contributed by atoms with Gasteiger partial charge in [-0.25, -0.2) is 0 Å². The Kier molecular flexibility index (Phi) is 3.22. The maximum absolute atomic E-state index is 5.45. The van der Waals surface area contributed by atoms with Crippen molar-refractivity contribution in [2.75, 3.05) is 20.8 Å². The third kappa shape index (κ3) is 1.84. The summed E-state index contributed by atoms with van der Waals surface area (Å²) in [6.45, 7) is 0.522. The zero-order valence-electron chi connectivity index (χ0n) is 7.45. The summed E-state index contributed by atoms with van der Waals surface area (Å²) >= 11 is 0. The molecule has 0 saturated heterocycles. The first-order valence-electron chi connectivity index (χ1n) is 3.91. The van der Waals surface area contributed by atoms with Crippen molar-refractivity contribution in [2.24, 2.45) is 5.73 Å². The van der Waals surface area contributed by atoms with Gasteiger partial charge in [-0.2, -0.15) is 0 Å². The third-order valence-electron chi connectivity index (χ3n) is 1.89. The van der Waals surface area contributed by atoms with E-state index in [9.17, 15) is 0 Å². The van der Waals surface area contributed by atoms with Gasteiger partial charge in [0.05, 0.1) is 0 Å². The van der Waals surface area contributed by atoms with E-state index in [1.165, 1.54) is 0 Å². The van der Waals surface area contributed by atoms with Gasteiger partial charge in [-0.05, 0) is 18.7 Å². The number of hydrogen-bond donors (Lipinski definition) is 1. The average Bonchev–Trinajstić information content (AvgIpc) is 2.50. The summed E-state index contributed by atoms with van der Waals surface area (Å²) in [5.74, 6) is -0.671. The quantitative estimate of drug-likeness (QED) is 0.618. The fourth-order valence-corrected chi connectivity index (χ4v) is 1.19. The van der Waals surface area contributed by atoms with Crippen molar-refractivity contribution < 1.29 is 14.2 Å². The predicted octanol–water partition coefficient (Wildman–Crippen LogP) is 0.237. The lowest BCUT2D eigenvalue weighted by molar-refractivity contribution is -0.243. The minimum atomic E-state index is -0.671. The van der Waals surface area contributed by atoms with E-state index in [1.54, 1.807) is 14.2 Å². The van der Waals surface area contributed by atoms with Gasteiger partial charge in [0.25, 0.3) is 0 Å². The van der Waals surface area contributed by atoms with Crippen molar-refractivity contribution in [3.05, 3.63) is 12.2 Å². The van der Waals surface area contributed by atoms with Crippen molar-refractivity contribution >= 4 is 0 Å². The molecular weight excluding hydrogens is 158 g/mol. The Morgan fingerprint density at radius 2 is 2.33 bits per heavy atom. The number of methoxy groups -OCH3 is 2. The second-order valence-electron chi connectivity index (χ2n) is 2.64. The van der Waals surface area contributed by atoms with Gasteiger partial charge in [-0.3, -0.25) is 0 Å². The molecule has 12 heavy (non-hydrogen) atoms. The van der Waals surface area contributed by atoms with E-state index >= 15 is 0 Å². The van der Waals surface area contributed by atoms with Gasteiger partial charge in [0.15, 0.2) is 12.1 Å². The molecule has 1 heterocycles. The first-order chi connectivity index (χ1) is 5.76. The Labute approximate surface area is 72.3 Å². The zero-order chi connectivity index (χ0) is 9.03. The first-order valence-corrected chi connectivity index (χ1v) is 3.91. The van der Waals surface area contributed by atoms with Crippen LogP contribution in [-0.2, 0) is 14.2 Å². The van der Waals surface area contributed by atoms with Gasteiger partial charge >= 0.3 is 0 Å². The molecule has 1 rings (SSSR count). The van der Waals surface area contributed by atoms with Crippen LogP contribution < -0.4 is 5.73 Å². The smallest absolute Gasteiger partial charge is 0.192 e. The Morgan fingerprint density at radius 3 is 2.75 bits per heavy atom. The van der Waals surface area contributed by atoms with Crippen LogP contribution in [0.15, 0.2) is 12.2 Å². The molecule has 1 aliphatic rings. The summed E-state index contributed by atoms with van der Waals surface area (Å²) in [5, 5.41) is 0. The fourth-order valence-electron chi connectivity index (χ4n) is 1.19. The highest BCUT2D eigenvalue weighted by molar-refractivity contribution is 5.04. The van der Waals surface area contributed by atoms with Gasteiger partial charge in [0.2, 0.25) is 0 Å².